The topological polar surface area (TPSA) is 124 Å². The van der Waals surface area contributed by atoms with Gasteiger partial charge in [-0.3, -0.25) is 9.59 Å². The average molecular weight is 508 g/mol. The molecule has 3 heterocycles. The summed E-state index contributed by atoms with van der Waals surface area (Å²) in [6, 6.07) is 2.67. The molecule has 4 rings (SSSR count). The van der Waals surface area contributed by atoms with Crippen LogP contribution in [0.3, 0.4) is 0 Å². The molecule has 198 valence electrons. The Morgan fingerprint density at radius 1 is 1.17 bits per heavy atom. The van der Waals surface area contributed by atoms with Crippen LogP contribution in [0, 0.1) is 5.92 Å². The smallest absolute Gasteiger partial charge is 0.326 e. The second-order valence-corrected chi connectivity index (χ2v) is 10.1. The third-order valence-electron chi connectivity index (χ3n) is 7.49. The highest BCUT2D eigenvalue weighted by atomic mass is 19.3. The van der Waals surface area contributed by atoms with Crippen LogP contribution in [0.5, 0.6) is 0 Å². The molecule has 1 atom stereocenters. The number of carboxylic acids is 1. The number of fused-ring (bicyclic) bond motifs is 1. The van der Waals surface area contributed by atoms with Gasteiger partial charge in [-0.15, -0.1) is 0 Å². The Morgan fingerprint density at radius 3 is 2.58 bits per heavy atom. The summed E-state index contributed by atoms with van der Waals surface area (Å²) in [7, 11) is 0. The molecule has 1 saturated heterocycles. The second kappa shape index (κ2) is 11.5. The molecule has 0 unspecified atom stereocenters. The third-order valence-corrected chi connectivity index (χ3v) is 7.49. The molecule has 2 fully saturated rings. The average Bonchev–Trinajstić information content (AvgIpc) is 2.86. The van der Waals surface area contributed by atoms with Crippen molar-refractivity contribution in [3.05, 3.63) is 23.4 Å². The molecule has 0 bridgehead atoms. The van der Waals surface area contributed by atoms with Crippen molar-refractivity contribution in [2.75, 3.05) is 31.5 Å². The van der Waals surface area contributed by atoms with E-state index in [-0.39, 0.29) is 44.1 Å². The maximum Gasteiger partial charge on any atom is 0.326 e. The molecule has 2 aliphatic heterocycles. The molecular formula is C25H35F2N5O4. The summed E-state index contributed by atoms with van der Waals surface area (Å²) >= 11 is 0. The number of carboxylic acid groups (broad SMARTS) is 1. The van der Waals surface area contributed by atoms with Crippen LogP contribution in [0.2, 0.25) is 0 Å². The Kier molecular flexibility index (Phi) is 8.38. The van der Waals surface area contributed by atoms with Gasteiger partial charge in [0.15, 0.2) is 0 Å². The van der Waals surface area contributed by atoms with E-state index < -0.39 is 29.8 Å². The van der Waals surface area contributed by atoms with E-state index >= 15 is 0 Å². The van der Waals surface area contributed by atoms with Crippen LogP contribution in [0.15, 0.2) is 12.1 Å². The van der Waals surface area contributed by atoms with Crippen molar-refractivity contribution in [2.45, 2.75) is 75.8 Å². The number of pyridine rings is 1. The van der Waals surface area contributed by atoms with Crippen LogP contribution in [0.4, 0.5) is 14.6 Å². The van der Waals surface area contributed by atoms with E-state index in [2.05, 4.69) is 25.8 Å². The lowest BCUT2D eigenvalue weighted by Gasteiger charge is -2.33. The number of aryl methyl sites for hydroxylation is 1. The fourth-order valence-corrected chi connectivity index (χ4v) is 5.18. The molecule has 0 aromatic carbocycles. The Morgan fingerprint density at radius 2 is 1.89 bits per heavy atom. The number of rotatable bonds is 8. The van der Waals surface area contributed by atoms with Gasteiger partial charge in [0.2, 0.25) is 11.8 Å². The lowest BCUT2D eigenvalue weighted by atomic mass is 9.86. The zero-order valence-corrected chi connectivity index (χ0v) is 20.4. The molecule has 9 nitrogen and oxygen atoms in total. The van der Waals surface area contributed by atoms with Crippen molar-refractivity contribution in [1.82, 2.24) is 20.5 Å². The zero-order valence-electron chi connectivity index (χ0n) is 20.4. The first-order valence-corrected chi connectivity index (χ1v) is 12.9. The Balaban J connectivity index is 1.19. The van der Waals surface area contributed by atoms with Gasteiger partial charge in [0.05, 0.1) is 0 Å². The van der Waals surface area contributed by atoms with Gasteiger partial charge in [0.25, 0.3) is 5.91 Å². The van der Waals surface area contributed by atoms with E-state index in [0.717, 1.165) is 43.6 Å². The maximum atomic E-state index is 13.3. The van der Waals surface area contributed by atoms with E-state index in [1.165, 1.54) is 0 Å². The van der Waals surface area contributed by atoms with Crippen LogP contribution >= 0.6 is 0 Å². The molecule has 2 amide bonds. The first-order chi connectivity index (χ1) is 17.2. The summed E-state index contributed by atoms with van der Waals surface area (Å²) in [5.74, 6) is -4.29. The van der Waals surface area contributed by atoms with Gasteiger partial charge in [0, 0.05) is 51.0 Å². The van der Waals surface area contributed by atoms with Gasteiger partial charge in [-0.2, -0.15) is 0 Å². The molecule has 36 heavy (non-hydrogen) atoms. The van der Waals surface area contributed by atoms with Gasteiger partial charge < -0.3 is 26.0 Å². The number of hydrogen-bond donors (Lipinski definition) is 4. The number of amides is 2. The number of halogens is 2. The number of nitrogens with one attached hydrogen (secondary N) is 3. The number of carbonyl (C=O) groups excluding carboxylic acids is 2. The van der Waals surface area contributed by atoms with E-state index in [0.29, 0.717) is 25.3 Å². The Hall–Kier alpha value is -2.82. The first-order valence-electron chi connectivity index (χ1n) is 12.9. The Bertz CT molecular complexity index is 958. The number of likely N-dealkylation sites (tertiary alicyclic amines) is 1. The summed E-state index contributed by atoms with van der Waals surface area (Å²) in [4.78, 5) is 43.4. The number of hydrogen-bond acceptors (Lipinski definition) is 6. The van der Waals surface area contributed by atoms with Crippen LogP contribution in [-0.2, 0) is 16.0 Å². The minimum absolute atomic E-state index is 0.0129. The Labute approximate surface area is 209 Å². The molecule has 0 spiro atoms. The number of anilines is 1. The quantitative estimate of drug-likeness (QED) is 0.426. The van der Waals surface area contributed by atoms with E-state index in [1.54, 1.807) is 6.07 Å². The largest absolute Gasteiger partial charge is 0.480 e. The molecule has 1 aromatic heterocycles. The summed E-state index contributed by atoms with van der Waals surface area (Å²) in [5.41, 5.74) is 1.52. The molecule has 1 saturated carbocycles. The molecule has 3 aliphatic rings. The minimum atomic E-state index is -2.73. The van der Waals surface area contributed by atoms with Crippen molar-refractivity contribution in [3.63, 3.8) is 0 Å². The highest BCUT2D eigenvalue weighted by Crippen LogP contribution is 2.36. The number of piperidine rings is 1. The van der Waals surface area contributed by atoms with E-state index in [4.69, 9.17) is 0 Å². The molecule has 0 radical (unpaired) electrons. The highest BCUT2D eigenvalue weighted by molar-refractivity contribution is 5.93. The SMILES string of the molecule is O=C(NC1CCN(CC[C@H](NC(=O)C2CCC(F)(F)CC2)C(=O)O)CC1)c1ccc2c(n1)NCCC2. The van der Waals surface area contributed by atoms with Crippen molar-refractivity contribution in [1.29, 1.82) is 0 Å². The molecule has 4 N–H and O–H groups in total. The predicted molar refractivity (Wildman–Crippen MR) is 129 cm³/mol. The number of alkyl halides is 2. The molecule has 1 aliphatic carbocycles. The highest BCUT2D eigenvalue weighted by Gasteiger charge is 2.38. The van der Waals surface area contributed by atoms with E-state index in [9.17, 15) is 28.3 Å². The maximum absolute atomic E-state index is 13.3. The number of carbonyl (C=O) groups is 3. The first kappa shape index (κ1) is 26.2. The number of aliphatic carboxylic acids is 1. The standard InChI is InChI=1S/C25H35F2N5O4/c26-25(27)10-5-17(6-11-25)22(33)31-20(24(35)36)9-15-32-13-7-18(8-14-32)29-23(34)19-4-3-16-2-1-12-28-21(16)30-19/h3-4,17-18,20H,1-2,5-15H2,(H,28,30)(H,29,34)(H,31,33)(H,35,36)/t20-/m0/s1. The fourth-order valence-electron chi connectivity index (χ4n) is 5.18. The van der Waals surface area contributed by atoms with Gasteiger partial charge >= 0.3 is 5.97 Å². The zero-order chi connectivity index (χ0) is 25.7. The summed E-state index contributed by atoms with van der Waals surface area (Å²) in [6.07, 6.45) is 3.17. The van der Waals surface area contributed by atoms with Gasteiger partial charge in [0.1, 0.15) is 17.6 Å². The van der Waals surface area contributed by atoms with Crippen LogP contribution in [0.25, 0.3) is 0 Å². The summed E-state index contributed by atoms with van der Waals surface area (Å²) < 4.78 is 26.7. The van der Waals surface area contributed by atoms with Gasteiger partial charge in [-0.25, -0.2) is 18.6 Å². The molecular weight excluding hydrogens is 472 g/mol. The normalized spacial score (nSPS) is 21.6. The lowest BCUT2D eigenvalue weighted by Crippen LogP contribution is -2.48. The summed E-state index contributed by atoms with van der Waals surface area (Å²) in [6.45, 7) is 2.73. The lowest BCUT2D eigenvalue weighted by molar-refractivity contribution is -0.143. The fraction of sp³-hybridized carbons (Fsp3) is 0.680. The van der Waals surface area contributed by atoms with Crippen molar-refractivity contribution in [2.24, 2.45) is 5.92 Å². The van der Waals surface area contributed by atoms with Crippen molar-refractivity contribution in [3.8, 4) is 0 Å². The second-order valence-electron chi connectivity index (χ2n) is 10.1. The molecule has 1 aromatic rings. The van der Waals surface area contributed by atoms with Crippen LogP contribution in [-0.4, -0.2) is 77.0 Å². The molecule has 11 heteroatoms. The van der Waals surface area contributed by atoms with Crippen LogP contribution < -0.4 is 16.0 Å². The van der Waals surface area contributed by atoms with Gasteiger partial charge in [-0.05, 0) is 56.6 Å². The number of aromatic nitrogens is 1. The number of nitrogens with zero attached hydrogens (tertiary/aromatic N) is 2. The summed E-state index contributed by atoms with van der Waals surface area (Å²) in [5, 5.41) is 18.4. The van der Waals surface area contributed by atoms with Crippen molar-refractivity contribution < 1.29 is 28.3 Å². The minimum Gasteiger partial charge on any atom is -0.480 e. The van der Waals surface area contributed by atoms with Gasteiger partial charge in [-0.1, -0.05) is 6.07 Å². The van der Waals surface area contributed by atoms with E-state index in [1.807, 2.05) is 6.07 Å². The van der Waals surface area contributed by atoms with Crippen LogP contribution in [0.1, 0.15) is 67.4 Å². The third kappa shape index (κ3) is 6.89. The predicted octanol–water partition coefficient (Wildman–Crippen LogP) is 2.42. The monoisotopic (exact) mass is 507 g/mol. The van der Waals surface area contributed by atoms with Crippen molar-refractivity contribution >= 4 is 23.6 Å².